The fourth-order valence-corrected chi connectivity index (χ4v) is 4.09. The van der Waals surface area contributed by atoms with E-state index in [1.165, 1.54) is 53.7 Å². The number of nitrogens with two attached hydrogens (primary N) is 1. The number of thiazole rings is 1. The first-order valence-corrected chi connectivity index (χ1v) is 8.55. The lowest BCUT2D eigenvalue weighted by Gasteiger charge is -2.17. The molecule has 0 fully saturated rings. The van der Waals surface area contributed by atoms with Gasteiger partial charge in [0, 0.05) is 11.4 Å². The maximum absolute atomic E-state index is 12.2. The highest BCUT2D eigenvalue weighted by molar-refractivity contribution is 7.09. The van der Waals surface area contributed by atoms with Crippen molar-refractivity contribution in [2.75, 3.05) is 6.54 Å². The van der Waals surface area contributed by atoms with Gasteiger partial charge < -0.3 is 5.73 Å². The lowest BCUT2D eigenvalue weighted by Crippen LogP contribution is -2.17. The first kappa shape index (κ1) is 14.5. The van der Waals surface area contributed by atoms with Gasteiger partial charge in [-0.2, -0.15) is 0 Å². The van der Waals surface area contributed by atoms with Gasteiger partial charge in [-0.15, -0.1) is 0 Å². The third-order valence-corrected chi connectivity index (χ3v) is 5.17. The number of aromatic nitrogens is 1. The van der Waals surface area contributed by atoms with Crippen LogP contribution in [0.15, 0.2) is 23.0 Å². The van der Waals surface area contributed by atoms with Crippen molar-refractivity contribution in [1.29, 1.82) is 0 Å². The number of nitrogens with zero attached hydrogens (tertiary/aromatic N) is 1. The van der Waals surface area contributed by atoms with Gasteiger partial charge in [-0.3, -0.25) is 9.36 Å². The highest BCUT2D eigenvalue weighted by atomic mass is 32.1. The Bertz CT molecular complexity index is 699. The van der Waals surface area contributed by atoms with Crippen molar-refractivity contribution in [3.8, 4) is 11.3 Å². The maximum atomic E-state index is 12.2. The van der Waals surface area contributed by atoms with E-state index >= 15 is 0 Å². The number of fused-ring (bicyclic) bond motifs is 1. The standard InChI is InChI=1S/C17H22N2OS/c1-12-16(19(10-4-9-18)17(20)21-12)15-8-7-13-5-2-3-6-14(13)11-15/h7-8,11H,2-6,9-10,18H2,1H3. The number of benzene rings is 1. The average molecular weight is 302 g/mol. The summed E-state index contributed by atoms with van der Waals surface area (Å²) in [6.07, 6.45) is 5.77. The SMILES string of the molecule is Cc1sc(=O)n(CCCN)c1-c1ccc2c(c1)CCCC2. The molecule has 21 heavy (non-hydrogen) atoms. The van der Waals surface area contributed by atoms with Crippen molar-refractivity contribution in [3.05, 3.63) is 43.9 Å². The Morgan fingerprint density at radius 2 is 2.00 bits per heavy atom. The van der Waals surface area contributed by atoms with Gasteiger partial charge in [0.25, 0.3) is 0 Å². The topological polar surface area (TPSA) is 48.0 Å². The highest BCUT2D eigenvalue weighted by Gasteiger charge is 2.16. The van der Waals surface area contributed by atoms with E-state index in [4.69, 9.17) is 5.73 Å². The zero-order chi connectivity index (χ0) is 14.8. The molecule has 3 rings (SSSR count). The van der Waals surface area contributed by atoms with Crippen LogP contribution in [-0.2, 0) is 19.4 Å². The Morgan fingerprint density at radius 1 is 1.24 bits per heavy atom. The lowest BCUT2D eigenvalue weighted by atomic mass is 9.90. The first-order valence-electron chi connectivity index (χ1n) is 7.73. The third-order valence-electron chi connectivity index (χ3n) is 4.27. The molecule has 1 aliphatic rings. The molecular weight excluding hydrogens is 280 g/mol. The Balaban J connectivity index is 2.05. The molecule has 0 aliphatic heterocycles. The molecule has 0 unspecified atom stereocenters. The van der Waals surface area contributed by atoms with Crippen LogP contribution in [0.3, 0.4) is 0 Å². The molecule has 0 amide bonds. The van der Waals surface area contributed by atoms with Crippen molar-refractivity contribution in [2.45, 2.75) is 45.6 Å². The van der Waals surface area contributed by atoms with E-state index in [1.807, 2.05) is 11.5 Å². The van der Waals surface area contributed by atoms with Gasteiger partial charge in [0.2, 0.25) is 0 Å². The molecule has 0 spiro atoms. The summed E-state index contributed by atoms with van der Waals surface area (Å²) in [5.74, 6) is 0. The molecule has 2 N–H and O–H groups in total. The first-order chi connectivity index (χ1) is 10.2. The Hall–Kier alpha value is -1.39. The minimum atomic E-state index is 0.133. The fraction of sp³-hybridized carbons (Fsp3) is 0.471. The van der Waals surface area contributed by atoms with E-state index in [0.717, 1.165) is 17.0 Å². The fourth-order valence-electron chi connectivity index (χ4n) is 3.21. The number of aryl methyl sites for hydroxylation is 3. The summed E-state index contributed by atoms with van der Waals surface area (Å²) in [5, 5.41) is 0. The van der Waals surface area contributed by atoms with Crippen molar-refractivity contribution >= 4 is 11.3 Å². The molecular formula is C17H22N2OS. The van der Waals surface area contributed by atoms with Crippen LogP contribution in [0.4, 0.5) is 0 Å². The van der Waals surface area contributed by atoms with Gasteiger partial charge in [-0.05, 0) is 68.3 Å². The van der Waals surface area contributed by atoms with E-state index in [0.29, 0.717) is 13.1 Å². The van der Waals surface area contributed by atoms with E-state index in [9.17, 15) is 4.79 Å². The van der Waals surface area contributed by atoms with Gasteiger partial charge >= 0.3 is 4.87 Å². The summed E-state index contributed by atoms with van der Waals surface area (Å²) in [6, 6.07) is 6.72. The van der Waals surface area contributed by atoms with Gasteiger partial charge in [0.1, 0.15) is 0 Å². The normalized spacial score (nSPS) is 14.2. The summed E-state index contributed by atoms with van der Waals surface area (Å²) in [5.41, 5.74) is 10.8. The van der Waals surface area contributed by atoms with E-state index < -0.39 is 0 Å². The zero-order valence-corrected chi connectivity index (χ0v) is 13.3. The van der Waals surface area contributed by atoms with Crippen molar-refractivity contribution in [1.82, 2.24) is 4.57 Å². The quantitative estimate of drug-likeness (QED) is 0.943. The average Bonchev–Trinajstić information content (AvgIpc) is 2.78. The van der Waals surface area contributed by atoms with Crippen LogP contribution in [-0.4, -0.2) is 11.1 Å². The molecule has 0 bridgehead atoms. The molecule has 4 heteroatoms. The van der Waals surface area contributed by atoms with Crippen molar-refractivity contribution in [3.63, 3.8) is 0 Å². The number of rotatable bonds is 4. The van der Waals surface area contributed by atoms with E-state index in [1.54, 1.807) is 0 Å². The minimum absolute atomic E-state index is 0.133. The number of hydrogen-bond acceptors (Lipinski definition) is 3. The van der Waals surface area contributed by atoms with Crippen molar-refractivity contribution in [2.24, 2.45) is 5.73 Å². The van der Waals surface area contributed by atoms with Crippen LogP contribution in [0.2, 0.25) is 0 Å². The molecule has 1 aliphatic carbocycles. The second kappa shape index (κ2) is 6.16. The minimum Gasteiger partial charge on any atom is -0.330 e. The maximum Gasteiger partial charge on any atom is 0.307 e. The summed E-state index contributed by atoms with van der Waals surface area (Å²) >= 11 is 1.35. The second-order valence-corrected chi connectivity index (χ2v) is 6.92. The monoisotopic (exact) mass is 302 g/mol. The second-order valence-electron chi connectivity index (χ2n) is 5.76. The van der Waals surface area contributed by atoms with Crippen molar-refractivity contribution < 1.29 is 0 Å². The molecule has 1 aromatic heterocycles. The largest absolute Gasteiger partial charge is 0.330 e. The molecule has 0 radical (unpaired) electrons. The molecule has 0 saturated heterocycles. The van der Waals surface area contributed by atoms with Gasteiger partial charge in [0.15, 0.2) is 0 Å². The summed E-state index contributed by atoms with van der Waals surface area (Å²) in [4.78, 5) is 13.4. The summed E-state index contributed by atoms with van der Waals surface area (Å²) < 4.78 is 1.90. The molecule has 0 saturated carbocycles. The molecule has 1 aromatic carbocycles. The Kier molecular flexibility index (Phi) is 4.27. The Morgan fingerprint density at radius 3 is 2.76 bits per heavy atom. The highest BCUT2D eigenvalue weighted by Crippen LogP contribution is 2.30. The predicted octanol–water partition coefficient (Wildman–Crippen LogP) is 3.11. The van der Waals surface area contributed by atoms with Crippen LogP contribution in [0.5, 0.6) is 0 Å². The van der Waals surface area contributed by atoms with Crippen LogP contribution in [0.1, 0.15) is 35.3 Å². The van der Waals surface area contributed by atoms with Gasteiger partial charge in [-0.1, -0.05) is 23.5 Å². The van der Waals surface area contributed by atoms with Crippen LogP contribution < -0.4 is 10.6 Å². The molecule has 1 heterocycles. The zero-order valence-electron chi connectivity index (χ0n) is 12.5. The molecule has 3 nitrogen and oxygen atoms in total. The van der Waals surface area contributed by atoms with Crippen LogP contribution >= 0.6 is 11.3 Å². The third kappa shape index (κ3) is 2.83. The summed E-state index contributed by atoms with van der Waals surface area (Å²) in [7, 11) is 0. The lowest BCUT2D eigenvalue weighted by molar-refractivity contribution is 0.646. The van der Waals surface area contributed by atoms with Gasteiger partial charge in [-0.25, -0.2) is 0 Å². The molecule has 2 aromatic rings. The Labute approximate surface area is 129 Å². The molecule has 0 atom stereocenters. The predicted molar refractivity (Wildman–Crippen MR) is 89.1 cm³/mol. The van der Waals surface area contributed by atoms with Crippen LogP contribution in [0.25, 0.3) is 11.3 Å². The van der Waals surface area contributed by atoms with E-state index in [-0.39, 0.29) is 4.87 Å². The smallest absolute Gasteiger partial charge is 0.307 e. The number of hydrogen-bond donors (Lipinski definition) is 1. The summed E-state index contributed by atoms with van der Waals surface area (Å²) in [6.45, 7) is 3.37. The van der Waals surface area contributed by atoms with Crippen LogP contribution in [0, 0.1) is 6.92 Å². The van der Waals surface area contributed by atoms with E-state index in [2.05, 4.69) is 18.2 Å². The van der Waals surface area contributed by atoms with Gasteiger partial charge in [0.05, 0.1) is 5.69 Å². The molecule has 112 valence electrons.